The molecular formula is C25H29N7. The Morgan fingerprint density at radius 2 is 2.00 bits per heavy atom. The Morgan fingerprint density at radius 1 is 1.06 bits per heavy atom. The third-order valence-corrected chi connectivity index (χ3v) is 6.84. The van der Waals surface area contributed by atoms with Crippen LogP contribution in [0.5, 0.6) is 0 Å². The van der Waals surface area contributed by atoms with Gasteiger partial charge in [0.05, 0.1) is 24.6 Å². The second-order valence-electron chi connectivity index (χ2n) is 9.22. The van der Waals surface area contributed by atoms with E-state index in [4.69, 9.17) is 0 Å². The fourth-order valence-electron chi connectivity index (χ4n) is 4.55. The largest absolute Gasteiger partial charge is 0.370 e. The summed E-state index contributed by atoms with van der Waals surface area (Å²) in [5, 5.41) is 13.6. The van der Waals surface area contributed by atoms with Gasteiger partial charge < -0.3 is 15.2 Å². The molecule has 1 aliphatic heterocycles. The number of pyridine rings is 1. The van der Waals surface area contributed by atoms with Crippen molar-refractivity contribution in [2.45, 2.75) is 38.8 Å². The predicted octanol–water partition coefficient (Wildman–Crippen LogP) is 3.97. The highest BCUT2D eigenvalue weighted by atomic mass is 15.4. The molecule has 0 amide bonds. The van der Waals surface area contributed by atoms with Crippen molar-refractivity contribution in [2.24, 2.45) is 5.92 Å². The van der Waals surface area contributed by atoms with E-state index >= 15 is 0 Å². The van der Waals surface area contributed by atoms with Gasteiger partial charge in [-0.05, 0) is 60.9 Å². The highest BCUT2D eigenvalue weighted by Crippen LogP contribution is 2.26. The van der Waals surface area contributed by atoms with Gasteiger partial charge in [0.25, 0.3) is 0 Å². The van der Waals surface area contributed by atoms with Crippen LogP contribution < -0.4 is 10.2 Å². The molecule has 1 saturated heterocycles. The number of aromatic nitrogens is 5. The molecule has 0 bridgehead atoms. The number of anilines is 1. The van der Waals surface area contributed by atoms with E-state index in [-0.39, 0.29) is 0 Å². The molecule has 0 unspecified atom stereocenters. The van der Waals surface area contributed by atoms with Crippen LogP contribution in [0.25, 0.3) is 22.2 Å². The Balaban J connectivity index is 1.13. The topological polar surface area (TPSA) is 74.7 Å². The molecule has 2 aliphatic rings. The van der Waals surface area contributed by atoms with Crippen molar-refractivity contribution >= 4 is 16.6 Å². The minimum absolute atomic E-state index is 0.691. The summed E-state index contributed by atoms with van der Waals surface area (Å²) in [6.07, 6.45) is 11.2. The van der Waals surface area contributed by atoms with Crippen molar-refractivity contribution < 1.29 is 0 Å². The minimum Gasteiger partial charge on any atom is -0.370 e. The number of benzene rings is 1. The molecule has 164 valence electrons. The van der Waals surface area contributed by atoms with Crippen LogP contribution in [0.2, 0.25) is 0 Å². The van der Waals surface area contributed by atoms with E-state index in [2.05, 4.69) is 60.8 Å². The number of H-pyrrole nitrogens is 1. The molecule has 7 nitrogen and oxygen atoms in total. The second kappa shape index (κ2) is 8.39. The van der Waals surface area contributed by atoms with Crippen molar-refractivity contribution in [1.82, 2.24) is 30.3 Å². The van der Waals surface area contributed by atoms with Crippen LogP contribution in [0.15, 0.2) is 48.9 Å². The molecule has 2 N–H and O–H groups in total. The highest BCUT2D eigenvalue weighted by Gasteiger charge is 2.17. The quantitative estimate of drug-likeness (QED) is 0.445. The molecule has 1 aromatic carbocycles. The summed E-state index contributed by atoms with van der Waals surface area (Å²) in [5.41, 5.74) is 6.67. The van der Waals surface area contributed by atoms with Crippen LogP contribution in [0.1, 0.15) is 36.9 Å². The first-order valence-corrected chi connectivity index (χ1v) is 11.7. The Bertz CT molecular complexity index is 1220. The Morgan fingerprint density at radius 3 is 2.81 bits per heavy atom. The fraction of sp³-hybridized carbons (Fsp3) is 0.400. The van der Waals surface area contributed by atoms with Gasteiger partial charge in [-0.1, -0.05) is 23.8 Å². The lowest BCUT2D eigenvalue weighted by Gasteiger charge is -2.32. The van der Waals surface area contributed by atoms with Gasteiger partial charge in [-0.25, -0.2) is 4.68 Å². The monoisotopic (exact) mass is 427 g/mol. The molecule has 4 heterocycles. The number of nitrogens with zero attached hydrogens (tertiary/aromatic N) is 5. The van der Waals surface area contributed by atoms with E-state index in [1.807, 2.05) is 23.3 Å². The first-order chi connectivity index (χ1) is 15.8. The van der Waals surface area contributed by atoms with Crippen molar-refractivity contribution in [3.8, 4) is 11.3 Å². The molecule has 2 fully saturated rings. The number of aromatic amines is 1. The SMILES string of the molecule is c1cc2cc(CNCC3CCC3)[nH]c2cc1Cn1cc(-c2cncc(N3CCC3)c2)nn1. The average Bonchev–Trinajstić information content (AvgIpc) is 3.35. The van der Waals surface area contributed by atoms with Gasteiger partial charge in [0, 0.05) is 42.6 Å². The van der Waals surface area contributed by atoms with Gasteiger partial charge in [-0.15, -0.1) is 5.10 Å². The molecule has 32 heavy (non-hydrogen) atoms. The maximum Gasteiger partial charge on any atom is 0.114 e. The van der Waals surface area contributed by atoms with Crippen molar-refractivity contribution in [1.29, 1.82) is 0 Å². The molecule has 0 atom stereocenters. The Labute approximate surface area is 187 Å². The third kappa shape index (κ3) is 4.00. The van der Waals surface area contributed by atoms with Crippen LogP contribution in [0.3, 0.4) is 0 Å². The third-order valence-electron chi connectivity index (χ3n) is 6.84. The highest BCUT2D eigenvalue weighted by molar-refractivity contribution is 5.81. The summed E-state index contributed by atoms with van der Waals surface area (Å²) in [6.45, 7) is 4.94. The smallest absolute Gasteiger partial charge is 0.114 e. The summed E-state index contributed by atoms with van der Waals surface area (Å²) < 4.78 is 1.90. The van der Waals surface area contributed by atoms with Crippen molar-refractivity contribution in [3.63, 3.8) is 0 Å². The first kappa shape index (κ1) is 19.5. The lowest BCUT2D eigenvalue weighted by Crippen LogP contribution is -2.36. The summed E-state index contributed by atoms with van der Waals surface area (Å²) >= 11 is 0. The number of rotatable bonds is 8. The normalized spacial score (nSPS) is 16.3. The van der Waals surface area contributed by atoms with Crippen LogP contribution in [0, 0.1) is 5.92 Å². The Kier molecular flexibility index (Phi) is 5.11. The molecule has 1 saturated carbocycles. The minimum atomic E-state index is 0.691. The van der Waals surface area contributed by atoms with Gasteiger partial charge in [-0.2, -0.15) is 0 Å². The molecular weight excluding hydrogens is 398 g/mol. The molecule has 3 aromatic heterocycles. The Hall–Kier alpha value is -3.19. The molecule has 0 radical (unpaired) electrons. The van der Waals surface area contributed by atoms with Gasteiger partial charge in [0.2, 0.25) is 0 Å². The zero-order valence-corrected chi connectivity index (χ0v) is 18.3. The van der Waals surface area contributed by atoms with Gasteiger partial charge in [-0.3, -0.25) is 4.98 Å². The zero-order chi connectivity index (χ0) is 21.3. The summed E-state index contributed by atoms with van der Waals surface area (Å²) in [7, 11) is 0. The summed E-state index contributed by atoms with van der Waals surface area (Å²) in [5.74, 6) is 0.882. The first-order valence-electron chi connectivity index (χ1n) is 11.7. The summed E-state index contributed by atoms with van der Waals surface area (Å²) in [4.78, 5) is 10.3. The predicted molar refractivity (Wildman–Crippen MR) is 127 cm³/mol. The molecule has 0 spiro atoms. The zero-order valence-electron chi connectivity index (χ0n) is 18.3. The van der Waals surface area contributed by atoms with Crippen LogP contribution in [-0.2, 0) is 13.1 Å². The standard InChI is InChI=1S/C25H29N7/c1-3-18(4-1)12-26-14-22-10-20-6-5-19(9-24(20)28-22)16-32-17-25(29-30-32)21-11-23(15-27-13-21)31-7-2-8-31/h5-6,9-11,13,15,17-18,26,28H,1-4,7-8,12,14,16H2. The number of hydrogen-bond donors (Lipinski definition) is 2. The van der Waals surface area contributed by atoms with Gasteiger partial charge in [0.1, 0.15) is 5.69 Å². The van der Waals surface area contributed by atoms with E-state index in [0.29, 0.717) is 6.54 Å². The molecule has 1 aliphatic carbocycles. The summed E-state index contributed by atoms with van der Waals surface area (Å²) in [6, 6.07) is 11.0. The maximum absolute atomic E-state index is 4.40. The lowest BCUT2D eigenvalue weighted by atomic mass is 9.85. The van der Waals surface area contributed by atoms with Crippen molar-refractivity contribution in [3.05, 3.63) is 60.2 Å². The lowest BCUT2D eigenvalue weighted by molar-refractivity contribution is 0.301. The molecule has 7 heteroatoms. The van der Waals surface area contributed by atoms with E-state index in [1.165, 1.54) is 53.5 Å². The van der Waals surface area contributed by atoms with E-state index in [1.54, 1.807) is 0 Å². The maximum atomic E-state index is 4.40. The van der Waals surface area contributed by atoms with Gasteiger partial charge in [0.15, 0.2) is 0 Å². The van der Waals surface area contributed by atoms with E-state index in [9.17, 15) is 0 Å². The van der Waals surface area contributed by atoms with Crippen LogP contribution in [0.4, 0.5) is 5.69 Å². The van der Waals surface area contributed by atoms with Crippen molar-refractivity contribution in [2.75, 3.05) is 24.5 Å². The fourth-order valence-corrected chi connectivity index (χ4v) is 4.55. The number of nitrogens with one attached hydrogen (secondary N) is 2. The number of hydrogen-bond acceptors (Lipinski definition) is 5. The second-order valence-corrected chi connectivity index (χ2v) is 9.22. The molecule has 6 rings (SSSR count). The van der Waals surface area contributed by atoms with Crippen LogP contribution >= 0.6 is 0 Å². The van der Waals surface area contributed by atoms with Gasteiger partial charge >= 0.3 is 0 Å². The van der Waals surface area contributed by atoms with E-state index < -0.39 is 0 Å². The molecule has 4 aromatic rings. The van der Waals surface area contributed by atoms with Crippen LogP contribution in [-0.4, -0.2) is 44.6 Å². The van der Waals surface area contributed by atoms with E-state index in [0.717, 1.165) is 43.4 Å². The average molecular weight is 428 g/mol. The number of fused-ring (bicyclic) bond motifs is 1.